The Morgan fingerprint density at radius 3 is 2.31 bits per heavy atom. The summed E-state index contributed by atoms with van der Waals surface area (Å²) >= 11 is 0. The minimum Gasteiger partial charge on any atom is -0.319 e. The van der Waals surface area contributed by atoms with Crippen molar-refractivity contribution in [1.82, 2.24) is 10.2 Å². The van der Waals surface area contributed by atoms with E-state index < -0.39 is 0 Å². The van der Waals surface area contributed by atoms with E-state index in [1.807, 2.05) is 6.07 Å². The van der Waals surface area contributed by atoms with Crippen LogP contribution in [0.15, 0.2) is 24.4 Å². The third-order valence-corrected chi connectivity index (χ3v) is 2.91. The summed E-state index contributed by atoms with van der Waals surface area (Å²) in [5.74, 6) is 0. The van der Waals surface area contributed by atoms with Crippen LogP contribution in [0.4, 0.5) is 0 Å². The van der Waals surface area contributed by atoms with Crippen molar-refractivity contribution in [2.45, 2.75) is 26.8 Å². The van der Waals surface area contributed by atoms with Gasteiger partial charge < -0.3 is 5.73 Å². The Labute approximate surface area is 95.7 Å². The molecule has 0 aliphatic rings. The molecule has 0 fully saturated rings. The first-order valence-corrected chi connectivity index (χ1v) is 5.42. The molecule has 3 N–H and O–H groups in total. The molecular formula is C13H17N3. The second kappa shape index (κ2) is 4.10. The lowest BCUT2D eigenvalue weighted by atomic mass is 9.93. The standard InChI is InChI=1S/C13H17N3/c1-8-6-9(2)12(10(3)7-8)13(14)11-4-5-15-16-11/h4-7,13H,14H2,1-3H3,(H,15,16). The van der Waals surface area contributed by atoms with Crippen LogP contribution in [0.5, 0.6) is 0 Å². The first-order chi connectivity index (χ1) is 7.59. The normalized spacial score (nSPS) is 12.8. The first-order valence-electron chi connectivity index (χ1n) is 5.42. The minimum atomic E-state index is -0.122. The third-order valence-electron chi connectivity index (χ3n) is 2.91. The van der Waals surface area contributed by atoms with Crippen LogP contribution in [0.3, 0.4) is 0 Å². The van der Waals surface area contributed by atoms with Gasteiger partial charge in [0, 0.05) is 6.20 Å². The van der Waals surface area contributed by atoms with Gasteiger partial charge in [0.05, 0.1) is 11.7 Å². The molecule has 84 valence electrons. The van der Waals surface area contributed by atoms with Crippen LogP contribution in [0.25, 0.3) is 0 Å². The van der Waals surface area contributed by atoms with Crippen LogP contribution >= 0.6 is 0 Å². The average molecular weight is 215 g/mol. The second-order valence-electron chi connectivity index (χ2n) is 4.30. The molecule has 0 saturated heterocycles. The highest BCUT2D eigenvalue weighted by molar-refractivity contribution is 5.42. The third kappa shape index (κ3) is 1.86. The van der Waals surface area contributed by atoms with Gasteiger partial charge in [0.1, 0.15) is 0 Å². The Bertz CT molecular complexity index is 463. The van der Waals surface area contributed by atoms with Gasteiger partial charge in [-0.15, -0.1) is 0 Å². The number of aromatic amines is 1. The molecule has 0 saturated carbocycles. The molecule has 0 aliphatic heterocycles. The molecule has 16 heavy (non-hydrogen) atoms. The SMILES string of the molecule is Cc1cc(C)c(C(N)c2ccn[nH]2)c(C)c1. The van der Waals surface area contributed by atoms with Crippen LogP contribution in [-0.2, 0) is 0 Å². The highest BCUT2D eigenvalue weighted by atomic mass is 15.1. The smallest absolute Gasteiger partial charge is 0.0725 e. The summed E-state index contributed by atoms with van der Waals surface area (Å²) < 4.78 is 0. The molecule has 0 aliphatic carbocycles. The van der Waals surface area contributed by atoms with Gasteiger partial charge in [0.15, 0.2) is 0 Å². The summed E-state index contributed by atoms with van der Waals surface area (Å²) in [6, 6.07) is 6.13. The Morgan fingerprint density at radius 1 is 1.19 bits per heavy atom. The molecule has 1 aromatic heterocycles. The lowest BCUT2D eigenvalue weighted by Gasteiger charge is -2.17. The fraction of sp³-hybridized carbons (Fsp3) is 0.308. The van der Waals surface area contributed by atoms with Crippen molar-refractivity contribution in [1.29, 1.82) is 0 Å². The van der Waals surface area contributed by atoms with E-state index in [-0.39, 0.29) is 6.04 Å². The maximum absolute atomic E-state index is 6.24. The summed E-state index contributed by atoms with van der Waals surface area (Å²) in [6.07, 6.45) is 1.73. The quantitative estimate of drug-likeness (QED) is 0.808. The topological polar surface area (TPSA) is 54.7 Å². The predicted octanol–water partition coefficient (Wildman–Crippen LogP) is 2.38. The lowest BCUT2D eigenvalue weighted by Crippen LogP contribution is -2.15. The molecule has 1 heterocycles. The zero-order chi connectivity index (χ0) is 11.7. The van der Waals surface area contributed by atoms with E-state index in [2.05, 4.69) is 43.1 Å². The first kappa shape index (κ1) is 10.9. The molecule has 3 nitrogen and oxygen atoms in total. The van der Waals surface area contributed by atoms with E-state index in [4.69, 9.17) is 5.73 Å². The Kier molecular flexibility index (Phi) is 2.79. The van der Waals surface area contributed by atoms with E-state index >= 15 is 0 Å². The van der Waals surface area contributed by atoms with Crippen molar-refractivity contribution in [3.63, 3.8) is 0 Å². The van der Waals surface area contributed by atoms with Crippen LogP contribution < -0.4 is 5.73 Å². The zero-order valence-corrected chi connectivity index (χ0v) is 9.91. The highest BCUT2D eigenvalue weighted by Gasteiger charge is 2.15. The van der Waals surface area contributed by atoms with Gasteiger partial charge in [0.2, 0.25) is 0 Å². The van der Waals surface area contributed by atoms with Crippen molar-refractivity contribution in [2.24, 2.45) is 5.73 Å². The number of nitrogens with zero attached hydrogens (tertiary/aromatic N) is 1. The molecular weight excluding hydrogens is 198 g/mol. The maximum atomic E-state index is 6.24. The fourth-order valence-corrected chi connectivity index (χ4v) is 2.28. The number of nitrogens with two attached hydrogens (primary N) is 1. The van der Waals surface area contributed by atoms with Crippen LogP contribution in [0.2, 0.25) is 0 Å². The minimum absolute atomic E-state index is 0.122. The van der Waals surface area contributed by atoms with Gasteiger partial charge in [-0.05, 0) is 43.5 Å². The molecule has 2 aromatic rings. The number of rotatable bonds is 2. The van der Waals surface area contributed by atoms with E-state index in [9.17, 15) is 0 Å². The molecule has 0 radical (unpaired) electrons. The Balaban J connectivity index is 2.48. The van der Waals surface area contributed by atoms with Crippen molar-refractivity contribution in [3.8, 4) is 0 Å². The van der Waals surface area contributed by atoms with E-state index in [1.54, 1.807) is 6.20 Å². The van der Waals surface area contributed by atoms with Gasteiger partial charge in [-0.25, -0.2) is 0 Å². The van der Waals surface area contributed by atoms with Crippen molar-refractivity contribution in [2.75, 3.05) is 0 Å². The highest BCUT2D eigenvalue weighted by Crippen LogP contribution is 2.25. The van der Waals surface area contributed by atoms with Gasteiger partial charge in [0.25, 0.3) is 0 Å². The number of nitrogens with one attached hydrogen (secondary N) is 1. The Morgan fingerprint density at radius 2 is 1.81 bits per heavy atom. The summed E-state index contributed by atoms with van der Waals surface area (Å²) in [6.45, 7) is 6.31. The molecule has 1 atom stereocenters. The summed E-state index contributed by atoms with van der Waals surface area (Å²) in [5, 5.41) is 6.87. The molecule has 2 rings (SSSR count). The summed E-state index contributed by atoms with van der Waals surface area (Å²) in [7, 11) is 0. The van der Waals surface area contributed by atoms with Crippen molar-refractivity contribution in [3.05, 3.63) is 52.3 Å². The lowest BCUT2D eigenvalue weighted by molar-refractivity contribution is 0.802. The average Bonchev–Trinajstić information content (AvgIpc) is 2.67. The largest absolute Gasteiger partial charge is 0.319 e. The number of benzene rings is 1. The van der Waals surface area contributed by atoms with Gasteiger partial charge >= 0.3 is 0 Å². The number of hydrogen-bond acceptors (Lipinski definition) is 2. The molecule has 0 spiro atoms. The van der Waals surface area contributed by atoms with E-state index in [0.717, 1.165) is 5.69 Å². The molecule has 1 unspecified atom stereocenters. The van der Waals surface area contributed by atoms with Crippen molar-refractivity contribution >= 4 is 0 Å². The van der Waals surface area contributed by atoms with Gasteiger partial charge in [-0.2, -0.15) is 5.10 Å². The zero-order valence-electron chi connectivity index (χ0n) is 9.91. The summed E-state index contributed by atoms with van der Waals surface area (Å²) in [4.78, 5) is 0. The van der Waals surface area contributed by atoms with Crippen LogP contribution in [0, 0.1) is 20.8 Å². The fourth-order valence-electron chi connectivity index (χ4n) is 2.28. The van der Waals surface area contributed by atoms with Gasteiger partial charge in [-0.3, -0.25) is 5.10 Å². The van der Waals surface area contributed by atoms with Gasteiger partial charge in [-0.1, -0.05) is 17.7 Å². The Hall–Kier alpha value is -1.61. The second-order valence-corrected chi connectivity index (χ2v) is 4.30. The predicted molar refractivity (Wildman–Crippen MR) is 65.3 cm³/mol. The monoisotopic (exact) mass is 215 g/mol. The van der Waals surface area contributed by atoms with Crippen molar-refractivity contribution < 1.29 is 0 Å². The molecule has 1 aromatic carbocycles. The van der Waals surface area contributed by atoms with Crippen LogP contribution in [0.1, 0.15) is 34.0 Å². The van der Waals surface area contributed by atoms with Crippen LogP contribution in [-0.4, -0.2) is 10.2 Å². The number of H-pyrrole nitrogens is 1. The number of aryl methyl sites for hydroxylation is 3. The molecule has 0 bridgehead atoms. The number of hydrogen-bond donors (Lipinski definition) is 2. The number of aromatic nitrogens is 2. The van der Waals surface area contributed by atoms with E-state index in [0.29, 0.717) is 0 Å². The molecule has 0 amide bonds. The maximum Gasteiger partial charge on any atom is 0.0725 e. The molecule has 3 heteroatoms. The summed E-state index contributed by atoms with van der Waals surface area (Å²) in [5.41, 5.74) is 12.1. The van der Waals surface area contributed by atoms with E-state index in [1.165, 1.54) is 22.3 Å².